The van der Waals surface area contributed by atoms with Crippen LogP contribution in [-0.2, 0) is 4.74 Å². The fourth-order valence-corrected chi connectivity index (χ4v) is 4.24. The first-order valence-corrected chi connectivity index (χ1v) is 8.22. The molecule has 106 valence electrons. The normalized spacial score (nSPS) is 36.0. The zero-order valence-corrected chi connectivity index (χ0v) is 13.6. The van der Waals surface area contributed by atoms with E-state index in [9.17, 15) is 0 Å². The van der Waals surface area contributed by atoms with E-state index in [-0.39, 0.29) is 0 Å². The lowest BCUT2D eigenvalue weighted by Gasteiger charge is -2.55. The zero-order valence-electron chi connectivity index (χ0n) is 12.7. The van der Waals surface area contributed by atoms with Crippen molar-refractivity contribution in [1.82, 2.24) is 5.32 Å². The molecule has 1 saturated carbocycles. The lowest BCUT2D eigenvalue weighted by molar-refractivity contribution is -0.114. The summed E-state index contributed by atoms with van der Waals surface area (Å²) in [5.41, 5.74) is 0.307. The second-order valence-electron chi connectivity index (χ2n) is 7.53. The molecule has 0 aromatic rings. The van der Waals surface area contributed by atoms with Gasteiger partial charge in [0.2, 0.25) is 0 Å². The third-order valence-electron chi connectivity index (χ3n) is 4.33. The highest BCUT2D eigenvalue weighted by molar-refractivity contribution is 8.00. The van der Waals surface area contributed by atoms with E-state index in [1.807, 2.05) is 11.8 Å². The zero-order chi connectivity index (χ0) is 13.6. The number of thioether (sulfide) groups is 1. The van der Waals surface area contributed by atoms with Gasteiger partial charge in [0.15, 0.2) is 0 Å². The van der Waals surface area contributed by atoms with Gasteiger partial charge in [-0.05, 0) is 13.3 Å². The lowest BCUT2D eigenvalue weighted by Crippen LogP contribution is -2.67. The molecule has 4 atom stereocenters. The molecule has 18 heavy (non-hydrogen) atoms. The van der Waals surface area contributed by atoms with Crippen molar-refractivity contribution >= 4 is 11.8 Å². The molecule has 0 radical (unpaired) electrons. The summed E-state index contributed by atoms with van der Waals surface area (Å²) in [5, 5.41) is 3.85. The molecule has 0 aromatic heterocycles. The summed E-state index contributed by atoms with van der Waals surface area (Å²) >= 11 is 2.05. The Hall–Kier alpha value is 0.270. The molecule has 0 amide bonds. The van der Waals surface area contributed by atoms with Gasteiger partial charge in [0.25, 0.3) is 0 Å². The summed E-state index contributed by atoms with van der Waals surface area (Å²) in [6.07, 6.45) is 1.74. The highest BCUT2D eigenvalue weighted by Gasteiger charge is 2.59. The van der Waals surface area contributed by atoms with Gasteiger partial charge >= 0.3 is 0 Å². The van der Waals surface area contributed by atoms with E-state index in [1.54, 1.807) is 0 Å². The highest BCUT2D eigenvalue weighted by atomic mass is 32.2. The Bertz CT molecular complexity index is 297. The van der Waals surface area contributed by atoms with E-state index in [1.165, 1.54) is 12.2 Å². The molecular weight excluding hydrogens is 242 g/mol. The quantitative estimate of drug-likeness (QED) is 0.847. The van der Waals surface area contributed by atoms with Gasteiger partial charge in [-0.1, -0.05) is 34.6 Å². The molecule has 2 nitrogen and oxygen atoms in total. The largest absolute Gasteiger partial charge is 0.377 e. The Balaban J connectivity index is 1.82. The molecule has 0 unspecified atom stereocenters. The van der Waals surface area contributed by atoms with Gasteiger partial charge in [-0.25, -0.2) is 0 Å². The van der Waals surface area contributed by atoms with Crippen molar-refractivity contribution in [2.24, 2.45) is 11.3 Å². The van der Waals surface area contributed by atoms with Gasteiger partial charge in [-0.3, -0.25) is 0 Å². The predicted octanol–water partition coefficient (Wildman–Crippen LogP) is 3.31. The van der Waals surface area contributed by atoms with E-state index in [0.29, 0.717) is 28.3 Å². The first-order valence-electron chi connectivity index (χ1n) is 7.23. The van der Waals surface area contributed by atoms with Crippen LogP contribution in [0.4, 0.5) is 0 Å². The standard InChI is InChI=1S/C15H29NOS/c1-10(9-18-14(2,3)4)16-12-11-7-8-17-13(11)15(12,5)6/h10-13,16H,7-9H2,1-6H3/t10-,11-,12-,13+/m1/s1. The van der Waals surface area contributed by atoms with Gasteiger partial charge in [-0.2, -0.15) is 11.8 Å². The summed E-state index contributed by atoms with van der Waals surface area (Å²) < 4.78 is 6.21. The van der Waals surface area contributed by atoms with Crippen molar-refractivity contribution < 1.29 is 4.74 Å². The summed E-state index contributed by atoms with van der Waals surface area (Å²) in [6.45, 7) is 14.8. The maximum atomic E-state index is 5.85. The van der Waals surface area contributed by atoms with Gasteiger partial charge in [-0.15, -0.1) is 0 Å². The Morgan fingerprint density at radius 3 is 2.67 bits per heavy atom. The van der Waals surface area contributed by atoms with Crippen LogP contribution in [0, 0.1) is 11.3 Å². The molecule has 1 aliphatic heterocycles. The van der Waals surface area contributed by atoms with Crippen molar-refractivity contribution in [3.63, 3.8) is 0 Å². The smallest absolute Gasteiger partial charge is 0.0685 e. The minimum atomic E-state index is 0.307. The number of fused-ring (bicyclic) bond motifs is 1. The second-order valence-corrected chi connectivity index (χ2v) is 9.38. The van der Waals surface area contributed by atoms with Crippen molar-refractivity contribution in [3.05, 3.63) is 0 Å². The summed E-state index contributed by atoms with van der Waals surface area (Å²) in [7, 11) is 0. The van der Waals surface area contributed by atoms with Crippen molar-refractivity contribution in [2.75, 3.05) is 12.4 Å². The van der Waals surface area contributed by atoms with E-state index in [2.05, 4.69) is 46.9 Å². The van der Waals surface area contributed by atoms with Crippen molar-refractivity contribution in [1.29, 1.82) is 0 Å². The van der Waals surface area contributed by atoms with Crippen molar-refractivity contribution in [2.45, 2.75) is 70.9 Å². The topological polar surface area (TPSA) is 21.3 Å². The Kier molecular flexibility index (Phi) is 4.07. The maximum Gasteiger partial charge on any atom is 0.0685 e. The molecule has 1 heterocycles. The third kappa shape index (κ3) is 2.88. The van der Waals surface area contributed by atoms with Crippen LogP contribution in [0.3, 0.4) is 0 Å². The molecule has 1 N–H and O–H groups in total. The first kappa shape index (κ1) is 14.7. The highest BCUT2D eigenvalue weighted by Crippen LogP contribution is 2.52. The summed E-state index contributed by atoms with van der Waals surface area (Å²) in [6, 6.07) is 1.22. The second kappa shape index (κ2) is 4.99. The van der Waals surface area contributed by atoms with E-state index in [4.69, 9.17) is 4.74 Å². The van der Waals surface area contributed by atoms with Crippen LogP contribution in [0.5, 0.6) is 0 Å². The van der Waals surface area contributed by atoms with Gasteiger partial charge in [0.1, 0.15) is 0 Å². The Morgan fingerprint density at radius 2 is 2.06 bits per heavy atom. The van der Waals surface area contributed by atoms with Gasteiger partial charge in [0, 0.05) is 40.5 Å². The molecular formula is C15H29NOS. The van der Waals surface area contributed by atoms with Crippen LogP contribution in [0.25, 0.3) is 0 Å². The molecule has 0 spiro atoms. The minimum absolute atomic E-state index is 0.307. The van der Waals surface area contributed by atoms with Gasteiger partial charge < -0.3 is 10.1 Å². The molecule has 3 heteroatoms. The molecule has 2 fully saturated rings. The minimum Gasteiger partial charge on any atom is -0.377 e. The van der Waals surface area contributed by atoms with E-state index in [0.717, 1.165) is 12.5 Å². The Labute approximate surface area is 117 Å². The van der Waals surface area contributed by atoms with Crippen LogP contribution in [-0.4, -0.2) is 35.3 Å². The first-order chi connectivity index (χ1) is 8.22. The van der Waals surface area contributed by atoms with Crippen LogP contribution in [0.2, 0.25) is 0 Å². The molecule has 1 aliphatic carbocycles. The summed E-state index contributed by atoms with van der Waals surface area (Å²) in [5.74, 6) is 1.94. The fourth-order valence-electron chi connectivity index (χ4n) is 3.39. The number of ether oxygens (including phenoxy) is 1. The summed E-state index contributed by atoms with van der Waals surface area (Å²) in [4.78, 5) is 0. The maximum absolute atomic E-state index is 5.85. The van der Waals surface area contributed by atoms with E-state index >= 15 is 0 Å². The number of hydrogen-bond donors (Lipinski definition) is 1. The average molecular weight is 271 g/mol. The fraction of sp³-hybridized carbons (Fsp3) is 1.00. The molecule has 0 aromatic carbocycles. The van der Waals surface area contributed by atoms with Gasteiger partial charge in [0.05, 0.1) is 6.10 Å². The van der Waals surface area contributed by atoms with Crippen LogP contribution >= 0.6 is 11.8 Å². The number of rotatable bonds is 4. The van der Waals surface area contributed by atoms with Crippen molar-refractivity contribution in [3.8, 4) is 0 Å². The average Bonchev–Trinajstić information content (AvgIpc) is 2.68. The van der Waals surface area contributed by atoms with Crippen LogP contribution in [0.1, 0.15) is 48.0 Å². The molecule has 1 saturated heterocycles. The third-order valence-corrected chi connectivity index (χ3v) is 5.86. The molecule has 2 aliphatic rings. The number of nitrogens with one attached hydrogen (secondary N) is 1. The lowest BCUT2D eigenvalue weighted by atomic mass is 9.57. The van der Waals surface area contributed by atoms with E-state index < -0.39 is 0 Å². The number of hydrogen-bond acceptors (Lipinski definition) is 3. The predicted molar refractivity (Wildman–Crippen MR) is 80.2 cm³/mol. The Morgan fingerprint density at radius 1 is 1.39 bits per heavy atom. The SMILES string of the molecule is C[C@H](CSC(C)(C)C)N[C@@H]1[C@H]2CCO[C@@H]2C1(C)C. The monoisotopic (exact) mass is 271 g/mol. The van der Waals surface area contributed by atoms with Crippen LogP contribution in [0.15, 0.2) is 0 Å². The molecule has 2 rings (SSSR count). The van der Waals surface area contributed by atoms with Crippen LogP contribution < -0.4 is 5.32 Å². The molecule has 0 bridgehead atoms.